The molecule has 0 saturated carbocycles. The first-order valence-corrected chi connectivity index (χ1v) is 4.06. The van der Waals surface area contributed by atoms with Gasteiger partial charge in [0.15, 0.2) is 0 Å². The van der Waals surface area contributed by atoms with Crippen molar-refractivity contribution < 1.29 is 19.8 Å². The van der Waals surface area contributed by atoms with Gasteiger partial charge in [0.2, 0.25) is 0 Å². The topological polar surface area (TPSA) is 74.6 Å². The Morgan fingerprint density at radius 2 is 1.08 bits per heavy atom. The number of aliphatic carboxylic acids is 2. The van der Waals surface area contributed by atoms with Gasteiger partial charge in [0.05, 0.1) is 0 Å². The highest BCUT2D eigenvalue weighted by molar-refractivity contribution is 5.66. The molecule has 0 atom stereocenters. The first kappa shape index (κ1) is 10.9. The summed E-state index contributed by atoms with van der Waals surface area (Å²) < 4.78 is 0. The first-order valence-electron chi connectivity index (χ1n) is 4.06. The zero-order valence-electron chi connectivity index (χ0n) is 6.95. The summed E-state index contributed by atoms with van der Waals surface area (Å²) in [5.74, 6) is -1.57. The minimum Gasteiger partial charge on any atom is -0.481 e. The number of hydrogen-bond donors (Lipinski definition) is 2. The molecule has 0 aliphatic carbocycles. The molecule has 0 heterocycles. The van der Waals surface area contributed by atoms with Crippen molar-refractivity contribution in [2.24, 2.45) is 0 Å². The zero-order valence-corrected chi connectivity index (χ0v) is 6.95. The van der Waals surface area contributed by atoms with Gasteiger partial charge in [-0.2, -0.15) is 0 Å². The van der Waals surface area contributed by atoms with E-state index in [0.717, 1.165) is 12.8 Å². The zero-order chi connectivity index (χ0) is 9.40. The van der Waals surface area contributed by atoms with E-state index in [1.54, 1.807) is 0 Å². The van der Waals surface area contributed by atoms with Crippen LogP contribution in [0.5, 0.6) is 0 Å². The lowest BCUT2D eigenvalue weighted by Crippen LogP contribution is -1.95. The number of carbonyl (C=O) groups is 2. The normalized spacial score (nSPS) is 9.67. The molecular weight excluding hydrogens is 159 g/mol. The fraction of sp³-hybridized carbons (Fsp3) is 0.750. The van der Waals surface area contributed by atoms with Crippen molar-refractivity contribution in [3.63, 3.8) is 0 Å². The summed E-state index contributed by atoms with van der Waals surface area (Å²) >= 11 is 0. The standard InChI is InChI=1S/C8H14O4/c9-7(10)5-3-1-2-4-6-8(11)12/h1-6H2,(H,9,10)(H,11,12)/i7-1. The van der Waals surface area contributed by atoms with Crippen LogP contribution in [0, 0.1) is 0 Å². The maximum Gasteiger partial charge on any atom is 0.303 e. The Morgan fingerprint density at radius 3 is 1.33 bits per heavy atom. The van der Waals surface area contributed by atoms with Crippen LogP contribution in [0.2, 0.25) is 0 Å². The van der Waals surface area contributed by atoms with Crippen LogP contribution < -0.4 is 0 Å². The molecule has 0 aliphatic heterocycles. The van der Waals surface area contributed by atoms with E-state index in [2.05, 4.69) is 0 Å². The molecular formula is C8H14O4. The van der Waals surface area contributed by atoms with Crippen molar-refractivity contribution in [1.29, 1.82) is 0 Å². The van der Waals surface area contributed by atoms with Gasteiger partial charge in [-0.1, -0.05) is 12.8 Å². The van der Waals surface area contributed by atoms with E-state index < -0.39 is 11.9 Å². The molecule has 0 saturated heterocycles. The molecule has 0 fully saturated rings. The van der Waals surface area contributed by atoms with Gasteiger partial charge in [-0.25, -0.2) is 0 Å². The smallest absolute Gasteiger partial charge is 0.303 e. The van der Waals surface area contributed by atoms with E-state index in [-0.39, 0.29) is 12.8 Å². The minimum atomic E-state index is -0.784. The predicted octanol–water partition coefficient (Wildman–Crippen LogP) is 1.50. The molecule has 0 unspecified atom stereocenters. The summed E-state index contributed by atoms with van der Waals surface area (Å²) in [6.45, 7) is 0. The van der Waals surface area contributed by atoms with Gasteiger partial charge >= 0.3 is 11.9 Å². The highest BCUT2D eigenvalue weighted by Gasteiger charge is 1.98. The minimum absolute atomic E-state index is 0.188. The SMILES string of the molecule is O=C(O)CCCCCC[11C](=O)O. The van der Waals surface area contributed by atoms with E-state index in [1.165, 1.54) is 0 Å². The number of unbranched alkanes of at least 4 members (excludes halogenated alkanes) is 3. The van der Waals surface area contributed by atoms with Crippen molar-refractivity contribution in [3.05, 3.63) is 0 Å². The Hall–Kier alpha value is -1.06. The number of carboxylic acid groups (broad SMARTS) is 2. The van der Waals surface area contributed by atoms with Gasteiger partial charge in [0, 0.05) is 12.8 Å². The van der Waals surface area contributed by atoms with Crippen molar-refractivity contribution in [2.75, 3.05) is 0 Å². The van der Waals surface area contributed by atoms with Gasteiger partial charge in [-0.15, -0.1) is 0 Å². The summed E-state index contributed by atoms with van der Waals surface area (Å²) in [4.78, 5) is 20.1. The quantitative estimate of drug-likeness (QED) is 0.572. The van der Waals surface area contributed by atoms with Crippen LogP contribution in [-0.2, 0) is 9.59 Å². The Balaban J connectivity index is 3.01. The van der Waals surface area contributed by atoms with Crippen LogP contribution in [0.1, 0.15) is 38.5 Å². The van der Waals surface area contributed by atoms with Crippen molar-refractivity contribution >= 4 is 11.9 Å². The van der Waals surface area contributed by atoms with Gasteiger partial charge < -0.3 is 10.2 Å². The maximum atomic E-state index is 10.0. The molecule has 0 rings (SSSR count). The van der Waals surface area contributed by atoms with Crippen LogP contribution in [0.3, 0.4) is 0 Å². The van der Waals surface area contributed by atoms with Crippen molar-refractivity contribution in [2.45, 2.75) is 38.5 Å². The molecule has 0 aromatic rings. The predicted molar refractivity (Wildman–Crippen MR) is 43.0 cm³/mol. The number of hydrogen-bond acceptors (Lipinski definition) is 2. The number of carboxylic acids is 2. The molecule has 0 aliphatic rings. The second-order valence-corrected chi connectivity index (χ2v) is 2.70. The average Bonchev–Trinajstić information content (AvgIpc) is 1.95. The third kappa shape index (κ3) is 8.94. The molecule has 2 N–H and O–H groups in total. The maximum absolute atomic E-state index is 10.0. The lowest BCUT2D eigenvalue weighted by atomic mass is 9.97. The van der Waals surface area contributed by atoms with E-state index in [1.807, 2.05) is 0 Å². The van der Waals surface area contributed by atoms with E-state index >= 15 is 0 Å². The summed E-state index contributed by atoms with van der Waals surface area (Å²) in [5.41, 5.74) is 0. The largest absolute Gasteiger partial charge is 0.481 e. The third-order valence-electron chi connectivity index (χ3n) is 1.53. The first-order chi connectivity index (χ1) is 5.63. The Labute approximate surface area is 71.2 Å². The third-order valence-corrected chi connectivity index (χ3v) is 1.53. The van der Waals surface area contributed by atoms with E-state index in [9.17, 15) is 9.59 Å². The van der Waals surface area contributed by atoms with Crippen LogP contribution in [-0.4, -0.2) is 22.2 Å². The number of rotatable bonds is 7. The van der Waals surface area contributed by atoms with Gasteiger partial charge in [0.25, 0.3) is 0 Å². The van der Waals surface area contributed by atoms with Crippen molar-refractivity contribution in [1.82, 2.24) is 0 Å². The molecule has 4 heteroatoms. The van der Waals surface area contributed by atoms with Crippen LogP contribution in [0.25, 0.3) is 0 Å². The molecule has 0 radical (unpaired) electrons. The molecule has 0 amide bonds. The van der Waals surface area contributed by atoms with E-state index in [0.29, 0.717) is 12.8 Å². The molecule has 70 valence electrons. The molecule has 0 spiro atoms. The van der Waals surface area contributed by atoms with Gasteiger partial charge in [0.1, 0.15) is 0 Å². The summed E-state index contributed by atoms with van der Waals surface area (Å²) in [6, 6.07) is 0. The van der Waals surface area contributed by atoms with Gasteiger partial charge in [-0.3, -0.25) is 9.59 Å². The molecule has 0 aromatic heterocycles. The van der Waals surface area contributed by atoms with Crippen LogP contribution >= 0.6 is 0 Å². The fourth-order valence-corrected chi connectivity index (χ4v) is 0.906. The molecule has 4 nitrogen and oxygen atoms in total. The summed E-state index contributed by atoms with van der Waals surface area (Å²) in [6.07, 6.45) is 3.28. The Bertz CT molecular complexity index is 135. The van der Waals surface area contributed by atoms with E-state index in [4.69, 9.17) is 10.2 Å². The second kappa shape index (κ2) is 6.64. The van der Waals surface area contributed by atoms with Crippen LogP contribution in [0.4, 0.5) is 0 Å². The van der Waals surface area contributed by atoms with Crippen molar-refractivity contribution in [3.8, 4) is 0 Å². The average molecular weight is 173 g/mol. The lowest BCUT2D eigenvalue weighted by Gasteiger charge is -1.96. The Kier molecular flexibility index (Phi) is 6.05. The summed E-state index contributed by atoms with van der Waals surface area (Å²) in [5, 5.41) is 16.5. The molecule has 0 bridgehead atoms. The van der Waals surface area contributed by atoms with Gasteiger partial charge in [-0.05, 0) is 12.8 Å². The molecule has 12 heavy (non-hydrogen) atoms. The Morgan fingerprint density at radius 1 is 0.750 bits per heavy atom. The monoisotopic (exact) mass is 173 g/mol. The van der Waals surface area contributed by atoms with Crippen LogP contribution in [0.15, 0.2) is 0 Å². The lowest BCUT2D eigenvalue weighted by molar-refractivity contribution is -0.138. The second-order valence-electron chi connectivity index (χ2n) is 2.70. The summed E-state index contributed by atoms with van der Waals surface area (Å²) in [7, 11) is 0. The highest BCUT2D eigenvalue weighted by atomic mass is 16.4. The fourth-order valence-electron chi connectivity index (χ4n) is 0.906. The molecule has 0 aromatic carbocycles. The highest BCUT2D eigenvalue weighted by Crippen LogP contribution is 2.04.